The summed E-state index contributed by atoms with van der Waals surface area (Å²) in [5, 5.41) is 0. The standard InChI is InChI=1S/C13H18O/c14-10-9-12(5-2-6-12)13(10)8-7-11(13)3-1-4-11/h1-9H2. The van der Waals surface area contributed by atoms with Gasteiger partial charge in [-0.15, -0.1) is 0 Å². The third-order valence-electron chi connectivity index (χ3n) is 6.39. The molecule has 1 atom stereocenters. The maximum atomic E-state index is 12.1. The maximum Gasteiger partial charge on any atom is 0.140 e. The third-order valence-corrected chi connectivity index (χ3v) is 6.39. The molecule has 0 bridgehead atoms. The van der Waals surface area contributed by atoms with Gasteiger partial charge >= 0.3 is 0 Å². The minimum atomic E-state index is 0.247. The first kappa shape index (κ1) is 7.90. The van der Waals surface area contributed by atoms with E-state index in [1.807, 2.05) is 0 Å². The molecule has 0 aliphatic heterocycles. The summed E-state index contributed by atoms with van der Waals surface area (Å²) < 4.78 is 0. The first-order chi connectivity index (χ1) is 6.75. The van der Waals surface area contributed by atoms with Crippen LogP contribution in [0.4, 0.5) is 0 Å². The van der Waals surface area contributed by atoms with Crippen molar-refractivity contribution >= 4 is 5.78 Å². The molecule has 0 aromatic carbocycles. The Hall–Kier alpha value is -0.330. The van der Waals surface area contributed by atoms with Crippen LogP contribution in [-0.2, 0) is 4.79 Å². The van der Waals surface area contributed by atoms with Crippen LogP contribution >= 0.6 is 0 Å². The van der Waals surface area contributed by atoms with Crippen molar-refractivity contribution in [1.82, 2.24) is 0 Å². The van der Waals surface area contributed by atoms with Gasteiger partial charge in [0.15, 0.2) is 0 Å². The Morgan fingerprint density at radius 3 is 1.71 bits per heavy atom. The zero-order valence-corrected chi connectivity index (χ0v) is 8.77. The van der Waals surface area contributed by atoms with E-state index in [9.17, 15) is 4.79 Å². The Morgan fingerprint density at radius 2 is 1.43 bits per heavy atom. The van der Waals surface area contributed by atoms with Crippen LogP contribution in [0.2, 0.25) is 0 Å². The van der Waals surface area contributed by atoms with Crippen molar-refractivity contribution in [1.29, 1.82) is 0 Å². The molecule has 4 saturated carbocycles. The van der Waals surface area contributed by atoms with E-state index in [0.717, 1.165) is 6.42 Å². The molecule has 0 amide bonds. The molecule has 0 N–H and O–H groups in total. The van der Waals surface area contributed by atoms with Gasteiger partial charge in [-0.1, -0.05) is 12.8 Å². The van der Waals surface area contributed by atoms with E-state index in [4.69, 9.17) is 0 Å². The number of ketones is 1. The lowest BCUT2D eigenvalue weighted by Gasteiger charge is -2.78. The highest BCUT2D eigenvalue weighted by molar-refractivity contribution is 5.95. The van der Waals surface area contributed by atoms with Gasteiger partial charge in [0, 0.05) is 11.8 Å². The second kappa shape index (κ2) is 1.96. The molecule has 1 nitrogen and oxygen atoms in total. The van der Waals surface area contributed by atoms with E-state index in [1.54, 1.807) is 0 Å². The van der Waals surface area contributed by atoms with Crippen molar-refractivity contribution in [3.8, 4) is 0 Å². The molecule has 0 aromatic rings. The summed E-state index contributed by atoms with van der Waals surface area (Å²) >= 11 is 0. The van der Waals surface area contributed by atoms with E-state index in [0.29, 0.717) is 16.6 Å². The van der Waals surface area contributed by atoms with Crippen LogP contribution in [0.3, 0.4) is 0 Å². The molecule has 4 aliphatic rings. The first-order valence-corrected chi connectivity index (χ1v) is 6.28. The van der Waals surface area contributed by atoms with Gasteiger partial charge in [-0.2, -0.15) is 0 Å². The van der Waals surface area contributed by atoms with Crippen LogP contribution in [0, 0.1) is 16.2 Å². The lowest BCUT2D eigenvalue weighted by atomic mass is 9.24. The predicted octanol–water partition coefficient (Wildman–Crippen LogP) is 3.08. The number of carbonyl (C=O) groups excluding carboxylic acids is 1. The Morgan fingerprint density at radius 1 is 0.786 bits per heavy atom. The van der Waals surface area contributed by atoms with Gasteiger partial charge in [-0.25, -0.2) is 0 Å². The normalized spacial score (nSPS) is 45.6. The number of fused-ring (bicyclic) bond motifs is 2. The number of Topliss-reactive ketones (excluding diaryl/α,β-unsaturated/α-hetero) is 1. The summed E-state index contributed by atoms with van der Waals surface area (Å²) in [6.07, 6.45) is 11.9. The highest BCUT2D eigenvalue weighted by Crippen LogP contribution is 2.82. The van der Waals surface area contributed by atoms with Crippen LogP contribution in [0.25, 0.3) is 0 Å². The Bertz CT molecular complexity index is 299. The van der Waals surface area contributed by atoms with Gasteiger partial charge in [0.2, 0.25) is 0 Å². The number of hydrogen-bond acceptors (Lipinski definition) is 1. The predicted molar refractivity (Wildman–Crippen MR) is 53.9 cm³/mol. The quantitative estimate of drug-likeness (QED) is 0.573. The van der Waals surface area contributed by atoms with Gasteiger partial charge in [-0.05, 0) is 49.4 Å². The zero-order chi connectivity index (χ0) is 9.44. The van der Waals surface area contributed by atoms with Crippen LogP contribution < -0.4 is 0 Å². The van der Waals surface area contributed by atoms with Crippen LogP contribution in [0.15, 0.2) is 0 Å². The molecule has 14 heavy (non-hydrogen) atoms. The summed E-state index contributed by atoms with van der Waals surface area (Å²) in [4.78, 5) is 12.1. The van der Waals surface area contributed by atoms with E-state index in [-0.39, 0.29) is 5.41 Å². The van der Waals surface area contributed by atoms with Crippen LogP contribution in [0.5, 0.6) is 0 Å². The summed E-state index contributed by atoms with van der Waals surface area (Å²) in [5.41, 5.74) is 1.34. The van der Waals surface area contributed by atoms with Crippen molar-refractivity contribution in [2.75, 3.05) is 0 Å². The average molecular weight is 190 g/mol. The summed E-state index contributed by atoms with van der Waals surface area (Å²) in [5.74, 6) is 0.656. The fourth-order valence-corrected chi connectivity index (χ4v) is 5.28. The second-order valence-corrected chi connectivity index (χ2v) is 6.27. The molecule has 1 heteroatoms. The monoisotopic (exact) mass is 190 g/mol. The Balaban J connectivity index is 1.77. The smallest absolute Gasteiger partial charge is 0.140 e. The molecule has 4 fully saturated rings. The topological polar surface area (TPSA) is 17.1 Å². The van der Waals surface area contributed by atoms with E-state index in [1.165, 1.54) is 51.4 Å². The van der Waals surface area contributed by atoms with Crippen molar-refractivity contribution in [3.63, 3.8) is 0 Å². The highest BCUT2D eigenvalue weighted by Gasteiger charge is 2.79. The SMILES string of the molecule is O=C1CC2(CCC2)C12CCC21CCC1. The molecule has 0 saturated heterocycles. The van der Waals surface area contributed by atoms with E-state index in [2.05, 4.69) is 0 Å². The number of carbonyl (C=O) groups is 1. The lowest BCUT2D eigenvalue weighted by Crippen LogP contribution is -2.75. The summed E-state index contributed by atoms with van der Waals surface area (Å²) in [7, 11) is 0. The van der Waals surface area contributed by atoms with Crippen molar-refractivity contribution in [2.45, 2.75) is 57.8 Å². The Kier molecular flexibility index (Phi) is 1.11. The van der Waals surface area contributed by atoms with Crippen molar-refractivity contribution in [2.24, 2.45) is 16.2 Å². The fourth-order valence-electron chi connectivity index (χ4n) is 5.28. The molecule has 4 aliphatic carbocycles. The number of rotatable bonds is 0. The van der Waals surface area contributed by atoms with Crippen LogP contribution in [0.1, 0.15) is 57.8 Å². The molecule has 1 unspecified atom stereocenters. The lowest BCUT2D eigenvalue weighted by molar-refractivity contribution is -0.266. The zero-order valence-electron chi connectivity index (χ0n) is 8.77. The minimum absolute atomic E-state index is 0.247. The third kappa shape index (κ3) is 0.498. The minimum Gasteiger partial charge on any atom is -0.299 e. The van der Waals surface area contributed by atoms with Crippen LogP contribution in [-0.4, -0.2) is 5.78 Å². The average Bonchev–Trinajstić information content (AvgIpc) is 1.90. The van der Waals surface area contributed by atoms with Gasteiger partial charge < -0.3 is 0 Å². The molecule has 3 spiro atoms. The van der Waals surface area contributed by atoms with Gasteiger partial charge in [0.25, 0.3) is 0 Å². The fraction of sp³-hybridized carbons (Fsp3) is 0.923. The van der Waals surface area contributed by atoms with E-state index >= 15 is 0 Å². The summed E-state index contributed by atoms with van der Waals surface area (Å²) in [6, 6.07) is 0. The molecular weight excluding hydrogens is 172 g/mol. The molecule has 0 radical (unpaired) electrons. The van der Waals surface area contributed by atoms with Crippen molar-refractivity contribution in [3.05, 3.63) is 0 Å². The molecule has 4 rings (SSSR count). The van der Waals surface area contributed by atoms with Gasteiger partial charge in [0.1, 0.15) is 5.78 Å². The first-order valence-electron chi connectivity index (χ1n) is 6.28. The molecule has 0 aromatic heterocycles. The number of hydrogen-bond donors (Lipinski definition) is 0. The van der Waals surface area contributed by atoms with E-state index < -0.39 is 0 Å². The van der Waals surface area contributed by atoms with Gasteiger partial charge in [-0.3, -0.25) is 4.79 Å². The van der Waals surface area contributed by atoms with Crippen molar-refractivity contribution < 1.29 is 4.79 Å². The second-order valence-electron chi connectivity index (χ2n) is 6.27. The largest absolute Gasteiger partial charge is 0.299 e. The molecule has 0 heterocycles. The highest BCUT2D eigenvalue weighted by atomic mass is 16.1. The molecule has 76 valence electrons. The Labute approximate surface area is 85.3 Å². The maximum absolute atomic E-state index is 12.1. The molecular formula is C13H18O. The van der Waals surface area contributed by atoms with Gasteiger partial charge in [0.05, 0.1) is 0 Å². The summed E-state index contributed by atoms with van der Waals surface area (Å²) in [6.45, 7) is 0.